The van der Waals surface area contributed by atoms with Crippen molar-refractivity contribution >= 4 is 0 Å². The molecule has 1 atom stereocenters. The molecule has 1 fully saturated rings. The van der Waals surface area contributed by atoms with Gasteiger partial charge in [0.2, 0.25) is 0 Å². The highest BCUT2D eigenvalue weighted by Gasteiger charge is 2.31. The lowest BCUT2D eigenvalue weighted by Gasteiger charge is -2.34. The van der Waals surface area contributed by atoms with Crippen LogP contribution in [0.4, 0.5) is 0 Å². The van der Waals surface area contributed by atoms with E-state index < -0.39 is 0 Å². The predicted molar refractivity (Wildman–Crippen MR) is 48.8 cm³/mol. The fourth-order valence-electron chi connectivity index (χ4n) is 1.83. The summed E-state index contributed by atoms with van der Waals surface area (Å²) in [5.74, 6) is 0. The molecule has 66 valence electrons. The fraction of sp³-hybridized carbons (Fsp3) is 1.00. The van der Waals surface area contributed by atoms with E-state index in [0.29, 0.717) is 5.54 Å². The second-order valence-electron chi connectivity index (χ2n) is 4.86. The number of rotatable bonds is 1. The Morgan fingerprint density at radius 2 is 2.00 bits per heavy atom. The van der Waals surface area contributed by atoms with Gasteiger partial charge in [-0.05, 0) is 40.7 Å². The molecule has 1 rings (SSSR count). The minimum absolute atomic E-state index is 0.237. The summed E-state index contributed by atoms with van der Waals surface area (Å²) in [5.41, 5.74) is 0.555. The highest BCUT2D eigenvalue weighted by Crippen LogP contribution is 2.17. The smallest absolute Gasteiger partial charge is 0.0294 e. The summed E-state index contributed by atoms with van der Waals surface area (Å²) in [7, 11) is 0. The zero-order valence-electron chi connectivity index (χ0n) is 8.12. The third kappa shape index (κ3) is 2.80. The van der Waals surface area contributed by atoms with Gasteiger partial charge in [-0.2, -0.15) is 0 Å². The van der Waals surface area contributed by atoms with Gasteiger partial charge in [-0.25, -0.2) is 0 Å². The third-order valence-electron chi connectivity index (χ3n) is 2.05. The van der Waals surface area contributed by atoms with E-state index >= 15 is 0 Å². The minimum Gasteiger partial charge on any atom is -0.315 e. The maximum atomic E-state index is 3.63. The van der Waals surface area contributed by atoms with Crippen LogP contribution >= 0.6 is 0 Å². The van der Waals surface area contributed by atoms with Crippen molar-refractivity contribution in [1.82, 2.24) is 10.6 Å². The van der Waals surface area contributed by atoms with Crippen LogP contribution in [0.1, 0.15) is 34.1 Å². The van der Waals surface area contributed by atoms with Crippen molar-refractivity contribution in [3.8, 4) is 0 Å². The fourth-order valence-corrected chi connectivity index (χ4v) is 1.83. The van der Waals surface area contributed by atoms with Gasteiger partial charge in [-0.3, -0.25) is 0 Å². The molecular weight excluding hydrogens is 136 g/mol. The lowest BCUT2D eigenvalue weighted by atomic mass is 9.96. The molecule has 2 N–H and O–H groups in total. The number of nitrogens with one attached hydrogen (secondary N) is 2. The van der Waals surface area contributed by atoms with E-state index in [1.54, 1.807) is 0 Å². The Labute approximate surface area is 69.8 Å². The van der Waals surface area contributed by atoms with Gasteiger partial charge in [-0.15, -0.1) is 0 Å². The standard InChI is InChI=1S/C9H20N2/c1-8(2,3)11-9(4)5-6-10-7-9/h10-11H,5-7H2,1-4H3. The van der Waals surface area contributed by atoms with Gasteiger partial charge >= 0.3 is 0 Å². The molecule has 1 unspecified atom stereocenters. The Balaban J connectivity index is 2.46. The van der Waals surface area contributed by atoms with Crippen molar-refractivity contribution in [1.29, 1.82) is 0 Å². The van der Waals surface area contributed by atoms with Crippen LogP contribution in [0.2, 0.25) is 0 Å². The lowest BCUT2D eigenvalue weighted by Crippen LogP contribution is -2.53. The van der Waals surface area contributed by atoms with Crippen molar-refractivity contribution in [3.05, 3.63) is 0 Å². The molecule has 0 aromatic carbocycles. The van der Waals surface area contributed by atoms with E-state index in [0.717, 1.165) is 13.1 Å². The highest BCUT2D eigenvalue weighted by atomic mass is 15.1. The van der Waals surface area contributed by atoms with Crippen LogP contribution in [0, 0.1) is 0 Å². The van der Waals surface area contributed by atoms with Gasteiger partial charge in [0.05, 0.1) is 0 Å². The summed E-state index contributed by atoms with van der Waals surface area (Å²) in [6.45, 7) is 11.2. The van der Waals surface area contributed by atoms with E-state index in [2.05, 4.69) is 38.3 Å². The summed E-state index contributed by atoms with van der Waals surface area (Å²) >= 11 is 0. The zero-order valence-corrected chi connectivity index (χ0v) is 8.12. The first-order chi connectivity index (χ1) is 4.91. The second kappa shape index (κ2) is 2.76. The Morgan fingerprint density at radius 3 is 2.36 bits per heavy atom. The Bertz CT molecular complexity index is 129. The van der Waals surface area contributed by atoms with Crippen LogP contribution < -0.4 is 10.6 Å². The van der Waals surface area contributed by atoms with Gasteiger partial charge in [0.1, 0.15) is 0 Å². The van der Waals surface area contributed by atoms with Crippen LogP contribution in [0.5, 0.6) is 0 Å². The Morgan fingerprint density at radius 1 is 1.36 bits per heavy atom. The van der Waals surface area contributed by atoms with E-state index in [9.17, 15) is 0 Å². The van der Waals surface area contributed by atoms with Gasteiger partial charge < -0.3 is 10.6 Å². The molecule has 1 aliphatic rings. The van der Waals surface area contributed by atoms with Crippen LogP contribution in [0.3, 0.4) is 0 Å². The normalized spacial score (nSPS) is 32.7. The van der Waals surface area contributed by atoms with Crippen molar-refractivity contribution in [2.75, 3.05) is 13.1 Å². The van der Waals surface area contributed by atoms with E-state index in [1.807, 2.05) is 0 Å². The van der Waals surface area contributed by atoms with Gasteiger partial charge in [0.15, 0.2) is 0 Å². The van der Waals surface area contributed by atoms with Crippen molar-refractivity contribution in [2.45, 2.75) is 45.2 Å². The highest BCUT2D eigenvalue weighted by molar-refractivity contribution is 4.95. The van der Waals surface area contributed by atoms with Gasteiger partial charge in [-0.1, -0.05) is 0 Å². The van der Waals surface area contributed by atoms with Crippen molar-refractivity contribution in [3.63, 3.8) is 0 Å². The molecule has 11 heavy (non-hydrogen) atoms. The minimum atomic E-state index is 0.237. The monoisotopic (exact) mass is 156 g/mol. The maximum Gasteiger partial charge on any atom is 0.0294 e. The maximum absolute atomic E-state index is 3.63. The van der Waals surface area contributed by atoms with Gasteiger partial charge in [0, 0.05) is 17.6 Å². The van der Waals surface area contributed by atoms with Crippen molar-refractivity contribution < 1.29 is 0 Å². The molecule has 0 amide bonds. The van der Waals surface area contributed by atoms with Crippen LogP contribution in [0.25, 0.3) is 0 Å². The molecule has 0 saturated carbocycles. The molecule has 0 aromatic heterocycles. The van der Waals surface area contributed by atoms with Crippen molar-refractivity contribution in [2.24, 2.45) is 0 Å². The molecule has 0 bridgehead atoms. The Kier molecular flexibility index (Phi) is 2.26. The lowest BCUT2D eigenvalue weighted by molar-refractivity contribution is 0.281. The average molecular weight is 156 g/mol. The molecule has 0 aliphatic carbocycles. The van der Waals surface area contributed by atoms with Crippen LogP contribution in [0.15, 0.2) is 0 Å². The van der Waals surface area contributed by atoms with Gasteiger partial charge in [0.25, 0.3) is 0 Å². The Hall–Kier alpha value is -0.0800. The van der Waals surface area contributed by atoms with Crippen LogP contribution in [-0.4, -0.2) is 24.2 Å². The first-order valence-corrected chi connectivity index (χ1v) is 4.41. The quantitative estimate of drug-likeness (QED) is 0.594. The predicted octanol–water partition coefficient (Wildman–Crippen LogP) is 1.13. The second-order valence-corrected chi connectivity index (χ2v) is 4.86. The van der Waals surface area contributed by atoms with Crippen LogP contribution in [-0.2, 0) is 0 Å². The molecule has 0 spiro atoms. The summed E-state index contributed by atoms with van der Waals surface area (Å²) in [6, 6.07) is 0. The summed E-state index contributed by atoms with van der Waals surface area (Å²) in [4.78, 5) is 0. The van der Waals surface area contributed by atoms with E-state index in [4.69, 9.17) is 0 Å². The summed E-state index contributed by atoms with van der Waals surface area (Å²) in [5, 5.41) is 7.00. The molecule has 1 aliphatic heterocycles. The molecular formula is C9H20N2. The molecule has 0 radical (unpaired) electrons. The average Bonchev–Trinajstić information content (AvgIpc) is 2.09. The SMILES string of the molecule is CC(C)(C)NC1(C)CCNC1. The number of hydrogen-bond acceptors (Lipinski definition) is 2. The molecule has 2 heteroatoms. The third-order valence-corrected chi connectivity index (χ3v) is 2.05. The largest absolute Gasteiger partial charge is 0.315 e. The molecule has 2 nitrogen and oxygen atoms in total. The molecule has 1 heterocycles. The van der Waals surface area contributed by atoms with E-state index in [-0.39, 0.29) is 5.54 Å². The first kappa shape index (κ1) is 9.01. The summed E-state index contributed by atoms with van der Waals surface area (Å²) in [6.07, 6.45) is 1.24. The summed E-state index contributed by atoms with van der Waals surface area (Å²) < 4.78 is 0. The molecule has 1 saturated heterocycles. The molecule has 0 aromatic rings. The zero-order chi connectivity index (χ0) is 8.54. The topological polar surface area (TPSA) is 24.1 Å². The number of hydrogen-bond donors (Lipinski definition) is 2. The first-order valence-electron chi connectivity index (χ1n) is 4.41. The van der Waals surface area contributed by atoms with E-state index in [1.165, 1.54) is 6.42 Å².